The van der Waals surface area contributed by atoms with E-state index in [0.717, 1.165) is 49.8 Å². The second-order valence-electron chi connectivity index (χ2n) is 8.02. The van der Waals surface area contributed by atoms with Crippen LogP contribution in [0.25, 0.3) is 0 Å². The van der Waals surface area contributed by atoms with E-state index in [1.165, 1.54) is 5.56 Å². The highest BCUT2D eigenvalue weighted by Crippen LogP contribution is 2.18. The first-order chi connectivity index (χ1) is 15.0. The number of hydrogen-bond acceptors (Lipinski definition) is 5. The van der Waals surface area contributed by atoms with Crippen LogP contribution in [0.1, 0.15) is 56.5 Å². The summed E-state index contributed by atoms with van der Waals surface area (Å²) in [6.07, 6.45) is 2.99. The number of aromatic nitrogens is 1. The minimum Gasteiger partial charge on any atom is -0.484 e. The van der Waals surface area contributed by atoms with Gasteiger partial charge in [-0.3, -0.25) is 4.79 Å². The van der Waals surface area contributed by atoms with Gasteiger partial charge in [-0.1, -0.05) is 31.1 Å². The van der Waals surface area contributed by atoms with Gasteiger partial charge in [-0.15, -0.1) is 0 Å². The molecule has 168 valence electrons. The number of ether oxygens (including phenoxy) is 1. The topological polar surface area (TPSA) is 101 Å². The van der Waals surface area contributed by atoms with Gasteiger partial charge >= 0.3 is 0 Å². The van der Waals surface area contributed by atoms with Gasteiger partial charge in [-0.05, 0) is 49.8 Å². The van der Waals surface area contributed by atoms with Crippen LogP contribution in [0, 0.1) is 0 Å². The van der Waals surface area contributed by atoms with Crippen molar-refractivity contribution in [3.63, 3.8) is 0 Å². The Labute approximate surface area is 183 Å². The van der Waals surface area contributed by atoms with E-state index in [4.69, 9.17) is 9.26 Å². The molecular formula is C23H33N5O3. The van der Waals surface area contributed by atoms with Gasteiger partial charge in [0.25, 0.3) is 5.91 Å². The first-order valence-electron chi connectivity index (χ1n) is 11.0. The van der Waals surface area contributed by atoms with Crippen LogP contribution >= 0.6 is 0 Å². The van der Waals surface area contributed by atoms with Crippen LogP contribution in [0.5, 0.6) is 5.75 Å². The van der Waals surface area contributed by atoms with Crippen LogP contribution in [-0.4, -0.2) is 42.8 Å². The predicted octanol–water partition coefficient (Wildman–Crippen LogP) is 2.75. The van der Waals surface area contributed by atoms with Crippen molar-refractivity contribution in [3.8, 4) is 5.75 Å². The molecule has 0 unspecified atom stereocenters. The van der Waals surface area contributed by atoms with Crippen molar-refractivity contribution in [3.05, 3.63) is 47.3 Å². The van der Waals surface area contributed by atoms with Crippen molar-refractivity contribution < 1.29 is 14.1 Å². The lowest BCUT2D eigenvalue weighted by atomic mass is 10.1. The number of nitrogens with one attached hydrogen (secondary N) is 3. The molecule has 0 bridgehead atoms. The van der Waals surface area contributed by atoms with Crippen LogP contribution in [0.3, 0.4) is 0 Å². The molecule has 8 heteroatoms. The van der Waals surface area contributed by atoms with Gasteiger partial charge in [0.15, 0.2) is 18.3 Å². The quantitative estimate of drug-likeness (QED) is 0.377. The summed E-state index contributed by atoms with van der Waals surface area (Å²) in [5.74, 6) is 2.47. The van der Waals surface area contributed by atoms with Gasteiger partial charge in [0, 0.05) is 25.2 Å². The summed E-state index contributed by atoms with van der Waals surface area (Å²) in [6.45, 7) is 8.22. The lowest BCUT2D eigenvalue weighted by Gasteiger charge is -2.11. The fourth-order valence-electron chi connectivity index (χ4n) is 2.90. The van der Waals surface area contributed by atoms with Crippen LogP contribution in [-0.2, 0) is 17.8 Å². The van der Waals surface area contributed by atoms with Gasteiger partial charge in [0.2, 0.25) is 0 Å². The van der Waals surface area contributed by atoms with Gasteiger partial charge in [-0.2, -0.15) is 0 Å². The molecule has 0 spiro atoms. The zero-order valence-electron chi connectivity index (χ0n) is 18.6. The largest absolute Gasteiger partial charge is 0.484 e. The summed E-state index contributed by atoms with van der Waals surface area (Å²) in [7, 11) is 0. The molecule has 0 atom stereocenters. The Bertz CT molecular complexity index is 856. The van der Waals surface area contributed by atoms with Crippen molar-refractivity contribution in [1.29, 1.82) is 0 Å². The Balaban J connectivity index is 1.41. The highest BCUT2D eigenvalue weighted by atomic mass is 16.5. The Hall–Kier alpha value is -3.03. The van der Waals surface area contributed by atoms with Crippen LogP contribution < -0.4 is 20.7 Å². The van der Waals surface area contributed by atoms with Crippen LogP contribution in [0.4, 0.5) is 0 Å². The van der Waals surface area contributed by atoms with E-state index in [9.17, 15) is 4.79 Å². The van der Waals surface area contributed by atoms with E-state index >= 15 is 0 Å². The van der Waals surface area contributed by atoms with Crippen molar-refractivity contribution in [1.82, 2.24) is 21.1 Å². The molecule has 2 aromatic rings. The minimum absolute atomic E-state index is 0.0585. The Morgan fingerprint density at radius 3 is 2.68 bits per heavy atom. The molecule has 0 radical (unpaired) electrons. The van der Waals surface area contributed by atoms with Crippen LogP contribution in [0.2, 0.25) is 0 Å². The molecule has 1 aromatic carbocycles. The number of carbonyl (C=O) groups is 1. The average Bonchev–Trinajstić information content (AvgIpc) is 3.43. The number of amides is 1. The van der Waals surface area contributed by atoms with Gasteiger partial charge in [0.05, 0.1) is 5.69 Å². The summed E-state index contributed by atoms with van der Waals surface area (Å²) < 4.78 is 10.9. The molecule has 1 heterocycles. The van der Waals surface area contributed by atoms with E-state index in [2.05, 4.69) is 39.9 Å². The van der Waals surface area contributed by atoms with E-state index in [0.29, 0.717) is 24.3 Å². The molecule has 0 aliphatic heterocycles. The number of carbonyl (C=O) groups excluding carboxylic acids is 1. The smallest absolute Gasteiger partial charge is 0.258 e. The van der Waals surface area contributed by atoms with E-state index in [-0.39, 0.29) is 12.5 Å². The maximum Gasteiger partial charge on any atom is 0.258 e. The molecule has 1 saturated carbocycles. The van der Waals surface area contributed by atoms with E-state index < -0.39 is 0 Å². The number of aliphatic imine (C=N–C) groups is 1. The molecule has 1 aromatic heterocycles. The molecule has 1 aliphatic carbocycles. The Kier molecular flexibility index (Phi) is 8.32. The maximum absolute atomic E-state index is 11.7. The lowest BCUT2D eigenvalue weighted by molar-refractivity contribution is -0.123. The predicted molar refractivity (Wildman–Crippen MR) is 120 cm³/mol. The molecule has 3 rings (SSSR count). The van der Waals surface area contributed by atoms with Gasteiger partial charge in [0.1, 0.15) is 12.3 Å². The van der Waals surface area contributed by atoms with Crippen molar-refractivity contribution >= 4 is 11.9 Å². The third kappa shape index (κ3) is 7.96. The Morgan fingerprint density at radius 2 is 2.03 bits per heavy atom. The minimum atomic E-state index is -0.0585. The third-order valence-corrected chi connectivity index (χ3v) is 4.85. The molecule has 8 nitrogen and oxygen atoms in total. The first kappa shape index (κ1) is 22.7. The van der Waals surface area contributed by atoms with E-state index in [1.807, 2.05) is 37.3 Å². The lowest BCUT2D eigenvalue weighted by Crippen LogP contribution is -2.38. The molecule has 3 N–H and O–H groups in total. The number of guanidine groups is 1. The zero-order chi connectivity index (χ0) is 22.1. The summed E-state index contributed by atoms with van der Waals surface area (Å²) in [5, 5.41) is 13.6. The summed E-state index contributed by atoms with van der Waals surface area (Å²) in [6, 6.07) is 10.1. The summed E-state index contributed by atoms with van der Waals surface area (Å²) >= 11 is 0. The number of benzene rings is 1. The highest BCUT2D eigenvalue weighted by Gasteiger charge is 2.23. The summed E-state index contributed by atoms with van der Waals surface area (Å²) in [5.41, 5.74) is 2.12. The SMILES string of the molecule is CCNC(=NCc1cc(C(C)C)no1)NCCc1ccc(OCC(=O)NC2CC2)cc1. The van der Waals surface area contributed by atoms with E-state index in [1.54, 1.807) is 0 Å². The van der Waals surface area contributed by atoms with Crippen molar-refractivity contribution in [2.24, 2.45) is 4.99 Å². The van der Waals surface area contributed by atoms with Crippen molar-refractivity contribution in [2.45, 2.75) is 58.5 Å². The molecular weight excluding hydrogens is 394 g/mol. The number of nitrogens with zero attached hydrogens (tertiary/aromatic N) is 2. The standard InChI is InChI=1S/C23H33N5O3/c1-4-24-23(26-14-20-13-21(16(2)3)28-31-20)25-12-11-17-5-9-19(10-6-17)30-15-22(29)27-18-7-8-18/h5-6,9-10,13,16,18H,4,7-8,11-12,14-15H2,1-3H3,(H,27,29)(H2,24,25,26). The highest BCUT2D eigenvalue weighted by molar-refractivity contribution is 5.79. The van der Waals surface area contributed by atoms with Crippen LogP contribution in [0.15, 0.2) is 39.8 Å². The van der Waals surface area contributed by atoms with Gasteiger partial charge < -0.3 is 25.2 Å². The van der Waals surface area contributed by atoms with Crippen molar-refractivity contribution in [2.75, 3.05) is 19.7 Å². The third-order valence-electron chi connectivity index (χ3n) is 4.85. The molecule has 1 amide bonds. The number of hydrogen-bond donors (Lipinski definition) is 3. The first-order valence-corrected chi connectivity index (χ1v) is 11.0. The maximum atomic E-state index is 11.7. The molecule has 0 saturated heterocycles. The fraction of sp³-hybridized carbons (Fsp3) is 0.522. The van der Waals surface area contributed by atoms with Gasteiger partial charge in [-0.25, -0.2) is 4.99 Å². The Morgan fingerprint density at radius 1 is 1.26 bits per heavy atom. The second-order valence-corrected chi connectivity index (χ2v) is 8.02. The average molecular weight is 428 g/mol. The fourth-order valence-corrected chi connectivity index (χ4v) is 2.90. The number of rotatable bonds is 11. The molecule has 31 heavy (non-hydrogen) atoms. The zero-order valence-corrected chi connectivity index (χ0v) is 18.6. The monoisotopic (exact) mass is 427 g/mol. The second kappa shape index (κ2) is 11.4. The molecule has 1 aliphatic rings. The summed E-state index contributed by atoms with van der Waals surface area (Å²) in [4.78, 5) is 16.3. The normalized spacial score (nSPS) is 13.9. The molecule has 1 fully saturated rings.